The highest BCUT2D eigenvalue weighted by atomic mass is 19.1. The van der Waals surface area contributed by atoms with E-state index in [1.165, 1.54) is 12.1 Å². The molecule has 2 aromatic heterocycles. The lowest BCUT2D eigenvalue weighted by Crippen LogP contribution is -1.98. The van der Waals surface area contributed by atoms with Crippen LogP contribution in [0.5, 0.6) is 0 Å². The van der Waals surface area contributed by atoms with Gasteiger partial charge in [-0.2, -0.15) is 5.26 Å². The Balaban J connectivity index is 2.07. The summed E-state index contributed by atoms with van der Waals surface area (Å²) in [6.07, 6.45) is 5.35. The van der Waals surface area contributed by atoms with Gasteiger partial charge in [0.25, 0.3) is 0 Å². The van der Waals surface area contributed by atoms with E-state index in [0.717, 1.165) is 22.6 Å². The Labute approximate surface area is 140 Å². The number of hydrogen-bond acceptors (Lipinski definition) is 2. The van der Waals surface area contributed by atoms with Crippen LogP contribution in [0.25, 0.3) is 17.3 Å². The van der Waals surface area contributed by atoms with Gasteiger partial charge in [0.05, 0.1) is 11.6 Å². The van der Waals surface area contributed by atoms with Gasteiger partial charge in [0.15, 0.2) is 0 Å². The standard InChI is InChI=1S/C20H16FN3/c1-14-11-17(15(2)24(14)20-7-9-23-10-8-20)12-18(13-22)16-3-5-19(21)6-4-16/h3-12H,1-2H3/b18-12-. The normalized spacial score (nSPS) is 11.3. The number of nitrogens with zero attached hydrogens (tertiary/aromatic N) is 3. The summed E-state index contributed by atoms with van der Waals surface area (Å²) in [4.78, 5) is 4.05. The van der Waals surface area contributed by atoms with Crippen LogP contribution in [0.2, 0.25) is 0 Å². The molecule has 0 spiro atoms. The topological polar surface area (TPSA) is 41.6 Å². The molecule has 2 heterocycles. The van der Waals surface area contributed by atoms with Gasteiger partial charge in [0.1, 0.15) is 5.82 Å². The third-order valence-corrected chi connectivity index (χ3v) is 3.97. The first-order valence-corrected chi connectivity index (χ1v) is 7.57. The van der Waals surface area contributed by atoms with E-state index in [4.69, 9.17) is 0 Å². The van der Waals surface area contributed by atoms with Crippen LogP contribution in [0.15, 0.2) is 54.9 Å². The Morgan fingerprint density at radius 2 is 1.79 bits per heavy atom. The fourth-order valence-corrected chi connectivity index (χ4v) is 2.79. The van der Waals surface area contributed by atoms with Gasteiger partial charge in [-0.15, -0.1) is 0 Å². The van der Waals surface area contributed by atoms with Crippen molar-refractivity contribution in [3.05, 3.63) is 83.2 Å². The maximum Gasteiger partial charge on any atom is 0.123 e. The molecule has 118 valence electrons. The molecule has 0 fully saturated rings. The molecule has 4 heteroatoms. The molecule has 0 aliphatic carbocycles. The Morgan fingerprint density at radius 3 is 2.42 bits per heavy atom. The summed E-state index contributed by atoms with van der Waals surface area (Å²) in [5, 5.41) is 9.47. The highest BCUT2D eigenvalue weighted by Gasteiger charge is 2.10. The Bertz CT molecular complexity index is 930. The Kier molecular flexibility index (Phi) is 4.26. The SMILES string of the molecule is Cc1cc(/C=C(/C#N)c2ccc(F)cc2)c(C)n1-c1ccncc1. The molecule has 0 radical (unpaired) electrons. The zero-order chi connectivity index (χ0) is 17.1. The number of halogens is 1. The van der Waals surface area contributed by atoms with Crippen molar-refractivity contribution >= 4 is 11.6 Å². The summed E-state index contributed by atoms with van der Waals surface area (Å²) in [7, 11) is 0. The number of allylic oxidation sites excluding steroid dienone is 1. The zero-order valence-corrected chi connectivity index (χ0v) is 13.5. The highest BCUT2D eigenvalue weighted by molar-refractivity contribution is 5.90. The van der Waals surface area contributed by atoms with Gasteiger partial charge in [0, 0.05) is 29.5 Å². The molecular weight excluding hydrogens is 301 g/mol. The molecule has 24 heavy (non-hydrogen) atoms. The highest BCUT2D eigenvalue weighted by Crippen LogP contribution is 2.25. The minimum atomic E-state index is -0.313. The second-order valence-electron chi connectivity index (χ2n) is 5.54. The number of rotatable bonds is 3. The van der Waals surface area contributed by atoms with E-state index in [-0.39, 0.29) is 5.82 Å². The molecular formula is C20H16FN3. The summed E-state index contributed by atoms with van der Waals surface area (Å²) in [5.41, 5.74) is 5.30. The van der Waals surface area contributed by atoms with Crippen LogP contribution in [0.1, 0.15) is 22.5 Å². The lowest BCUT2D eigenvalue weighted by Gasteiger charge is -2.09. The van der Waals surface area contributed by atoms with Crippen molar-refractivity contribution in [2.75, 3.05) is 0 Å². The maximum absolute atomic E-state index is 13.1. The lowest BCUT2D eigenvalue weighted by atomic mass is 10.0. The van der Waals surface area contributed by atoms with Crippen molar-refractivity contribution in [2.24, 2.45) is 0 Å². The maximum atomic E-state index is 13.1. The van der Waals surface area contributed by atoms with E-state index in [1.54, 1.807) is 24.5 Å². The largest absolute Gasteiger partial charge is 0.318 e. The summed E-state index contributed by atoms with van der Waals surface area (Å²) >= 11 is 0. The first-order chi connectivity index (χ1) is 11.6. The minimum absolute atomic E-state index is 0.313. The summed E-state index contributed by atoms with van der Waals surface area (Å²) in [6, 6.07) is 14.1. The monoisotopic (exact) mass is 317 g/mol. The van der Waals surface area contributed by atoms with Crippen LogP contribution in [-0.2, 0) is 0 Å². The molecule has 0 aliphatic heterocycles. The van der Waals surface area contributed by atoms with Crippen molar-refractivity contribution < 1.29 is 4.39 Å². The number of nitriles is 1. The van der Waals surface area contributed by atoms with Crippen LogP contribution >= 0.6 is 0 Å². The molecule has 0 unspecified atom stereocenters. The number of aryl methyl sites for hydroxylation is 1. The van der Waals surface area contributed by atoms with Crippen LogP contribution < -0.4 is 0 Å². The van der Waals surface area contributed by atoms with Crippen molar-refractivity contribution in [2.45, 2.75) is 13.8 Å². The first kappa shape index (κ1) is 15.7. The van der Waals surface area contributed by atoms with Gasteiger partial charge in [-0.05, 0) is 61.4 Å². The quantitative estimate of drug-likeness (QED) is 0.657. The van der Waals surface area contributed by atoms with E-state index in [1.807, 2.05) is 38.1 Å². The van der Waals surface area contributed by atoms with E-state index < -0.39 is 0 Å². The van der Waals surface area contributed by atoms with Crippen LogP contribution in [0.3, 0.4) is 0 Å². The molecule has 3 rings (SSSR count). The Hall–Kier alpha value is -3.19. The number of benzene rings is 1. The average Bonchev–Trinajstić information content (AvgIpc) is 2.88. The summed E-state index contributed by atoms with van der Waals surface area (Å²) in [6.45, 7) is 4.04. The molecule has 0 saturated carbocycles. The van der Waals surface area contributed by atoms with Gasteiger partial charge in [-0.25, -0.2) is 4.39 Å². The molecule has 0 bridgehead atoms. The van der Waals surface area contributed by atoms with E-state index in [2.05, 4.69) is 15.6 Å². The second-order valence-corrected chi connectivity index (χ2v) is 5.54. The summed E-state index contributed by atoms with van der Waals surface area (Å²) in [5.74, 6) is -0.313. The van der Waals surface area contributed by atoms with Gasteiger partial charge in [-0.3, -0.25) is 4.98 Å². The molecule has 3 aromatic rings. The van der Waals surface area contributed by atoms with Crippen molar-refractivity contribution in [3.8, 4) is 11.8 Å². The molecule has 1 aromatic carbocycles. The number of pyridine rings is 1. The van der Waals surface area contributed by atoms with Gasteiger partial charge < -0.3 is 4.57 Å². The first-order valence-electron chi connectivity index (χ1n) is 7.57. The molecule has 0 saturated heterocycles. The van der Waals surface area contributed by atoms with Crippen LogP contribution in [0, 0.1) is 31.0 Å². The third-order valence-electron chi connectivity index (χ3n) is 3.97. The molecule has 0 N–H and O–H groups in total. The van der Waals surface area contributed by atoms with E-state index in [0.29, 0.717) is 11.1 Å². The Morgan fingerprint density at radius 1 is 1.12 bits per heavy atom. The number of hydrogen-bond donors (Lipinski definition) is 0. The smallest absolute Gasteiger partial charge is 0.123 e. The second kappa shape index (κ2) is 6.51. The minimum Gasteiger partial charge on any atom is -0.318 e. The van der Waals surface area contributed by atoms with Gasteiger partial charge in [0.2, 0.25) is 0 Å². The average molecular weight is 317 g/mol. The molecule has 0 aliphatic rings. The molecule has 0 amide bonds. The predicted octanol–water partition coefficient (Wildman–Crippen LogP) is 4.69. The zero-order valence-electron chi connectivity index (χ0n) is 13.5. The van der Waals surface area contributed by atoms with Gasteiger partial charge in [-0.1, -0.05) is 12.1 Å². The van der Waals surface area contributed by atoms with Crippen molar-refractivity contribution in [1.29, 1.82) is 5.26 Å². The van der Waals surface area contributed by atoms with E-state index >= 15 is 0 Å². The van der Waals surface area contributed by atoms with Crippen molar-refractivity contribution in [3.63, 3.8) is 0 Å². The molecule has 0 atom stereocenters. The van der Waals surface area contributed by atoms with E-state index in [9.17, 15) is 9.65 Å². The third kappa shape index (κ3) is 2.97. The van der Waals surface area contributed by atoms with Gasteiger partial charge >= 0.3 is 0 Å². The van der Waals surface area contributed by atoms with Crippen LogP contribution in [0.4, 0.5) is 4.39 Å². The molecule has 3 nitrogen and oxygen atoms in total. The van der Waals surface area contributed by atoms with Crippen LogP contribution in [-0.4, -0.2) is 9.55 Å². The lowest BCUT2D eigenvalue weighted by molar-refractivity contribution is 0.627. The fourth-order valence-electron chi connectivity index (χ4n) is 2.79. The van der Waals surface area contributed by atoms with Crippen molar-refractivity contribution in [1.82, 2.24) is 9.55 Å². The summed E-state index contributed by atoms with van der Waals surface area (Å²) < 4.78 is 15.2. The number of aromatic nitrogens is 2. The fraction of sp³-hybridized carbons (Fsp3) is 0.100. The predicted molar refractivity (Wildman–Crippen MR) is 92.9 cm³/mol.